The molecule has 1 aliphatic heterocycles. The van der Waals surface area contributed by atoms with Crippen molar-refractivity contribution >= 4 is 44.9 Å². The van der Waals surface area contributed by atoms with E-state index < -0.39 is 6.04 Å². The number of aromatic nitrogens is 1. The third kappa shape index (κ3) is 5.93. The van der Waals surface area contributed by atoms with Gasteiger partial charge < -0.3 is 14.4 Å². The summed E-state index contributed by atoms with van der Waals surface area (Å²) in [6.07, 6.45) is 1.88. The maximum absolute atomic E-state index is 14.4. The van der Waals surface area contributed by atoms with Crippen LogP contribution in [0.1, 0.15) is 43.5 Å². The molecule has 5 aromatic carbocycles. The Balaban J connectivity index is 1.29. The molecule has 1 amide bonds. The van der Waals surface area contributed by atoms with Gasteiger partial charge in [0, 0.05) is 18.7 Å². The number of carbonyl (C=O) groups is 1. The molecule has 6 aromatic rings. The van der Waals surface area contributed by atoms with Gasteiger partial charge in [-0.2, -0.15) is 0 Å². The van der Waals surface area contributed by atoms with Crippen molar-refractivity contribution in [3.05, 3.63) is 151 Å². The summed E-state index contributed by atoms with van der Waals surface area (Å²) in [5, 5.41) is 4.27. The van der Waals surface area contributed by atoms with Gasteiger partial charge in [0.1, 0.15) is 24.1 Å². The summed E-state index contributed by atoms with van der Waals surface area (Å²) in [5.74, 6) is 1.21. The molecule has 246 valence electrons. The Bertz CT molecular complexity index is 2420. The first-order valence-corrected chi connectivity index (χ1v) is 17.3. The number of ether oxygens (including phenoxy) is 2. The third-order valence-electron chi connectivity index (χ3n) is 9.18. The molecule has 0 saturated heterocycles. The molecule has 7 nitrogen and oxygen atoms in total. The summed E-state index contributed by atoms with van der Waals surface area (Å²) in [4.78, 5) is 35.8. The minimum atomic E-state index is -0.725. The predicted molar refractivity (Wildman–Crippen MR) is 197 cm³/mol. The van der Waals surface area contributed by atoms with Gasteiger partial charge in [0.2, 0.25) is 0 Å². The second-order valence-corrected chi connectivity index (χ2v) is 13.0. The second kappa shape index (κ2) is 13.6. The van der Waals surface area contributed by atoms with Crippen molar-refractivity contribution in [3.63, 3.8) is 0 Å². The Morgan fingerprint density at radius 2 is 1.55 bits per heavy atom. The lowest BCUT2D eigenvalue weighted by atomic mass is 9.90. The highest BCUT2D eigenvalue weighted by molar-refractivity contribution is 7.07. The average molecular weight is 668 g/mol. The number of hydrogen-bond donors (Lipinski definition) is 0. The number of carbonyl (C=O) groups excluding carboxylic acids is 1. The molecule has 0 fully saturated rings. The fraction of sp³-hybridized carbons (Fsp3) is 0.195. The number of thiazole rings is 1. The van der Waals surface area contributed by atoms with Gasteiger partial charge in [0.05, 0.1) is 22.9 Å². The quantitative estimate of drug-likeness (QED) is 0.167. The van der Waals surface area contributed by atoms with E-state index in [9.17, 15) is 9.59 Å². The molecule has 0 aliphatic carbocycles. The zero-order valence-corrected chi connectivity index (χ0v) is 28.8. The fourth-order valence-electron chi connectivity index (χ4n) is 6.68. The minimum absolute atomic E-state index is 0.139. The van der Waals surface area contributed by atoms with Crippen LogP contribution in [0.4, 0.5) is 0 Å². The van der Waals surface area contributed by atoms with Crippen LogP contribution in [-0.4, -0.2) is 35.6 Å². The maximum atomic E-state index is 14.4. The third-order valence-corrected chi connectivity index (χ3v) is 10.2. The Morgan fingerprint density at radius 3 is 2.27 bits per heavy atom. The smallest absolute Gasteiger partial charge is 0.271 e. The Morgan fingerprint density at radius 1 is 0.878 bits per heavy atom. The van der Waals surface area contributed by atoms with Crippen LogP contribution in [0.5, 0.6) is 11.5 Å². The molecular formula is C41H37N3O4S. The van der Waals surface area contributed by atoms with Gasteiger partial charge in [-0.1, -0.05) is 96.3 Å². The van der Waals surface area contributed by atoms with Crippen molar-refractivity contribution in [2.45, 2.75) is 33.4 Å². The van der Waals surface area contributed by atoms with E-state index in [1.165, 1.54) is 22.1 Å². The van der Waals surface area contributed by atoms with E-state index in [0.29, 0.717) is 46.0 Å². The van der Waals surface area contributed by atoms with E-state index in [2.05, 4.69) is 24.3 Å². The topological polar surface area (TPSA) is 73.1 Å². The molecule has 7 rings (SSSR count). The molecule has 1 aromatic heterocycles. The fourth-order valence-corrected chi connectivity index (χ4v) is 7.72. The molecule has 1 atom stereocenters. The highest BCUT2D eigenvalue weighted by Gasteiger charge is 2.36. The van der Waals surface area contributed by atoms with Gasteiger partial charge in [-0.15, -0.1) is 0 Å². The molecule has 2 heterocycles. The first-order chi connectivity index (χ1) is 23.9. The van der Waals surface area contributed by atoms with Gasteiger partial charge in [-0.05, 0) is 77.7 Å². The number of likely N-dealkylation sites (N-methyl/N-ethyl adjacent to an activating group) is 1. The number of allylic oxidation sites excluding steroid dienone is 1. The number of rotatable bonds is 9. The van der Waals surface area contributed by atoms with Gasteiger partial charge >= 0.3 is 0 Å². The number of hydrogen-bond acceptors (Lipinski definition) is 6. The molecule has 0 saturated carbocycles. The largest absolute Gasteiger partial charge is 0.496 e. The first-order valence-electron chi connectivity index (χ1n) is 16.5. The van der Waals surface area contributed by atoms with Crippen molar-refractivity contribution in [3.8, 4) is 11.5 Å². The monoisotopic (exact) mass is 667 g/mol. The van der Waals surface area contributed by atoms with Crippen LogP contribution < -0.4 is 24.4 Å². The first kappa shape index (κ1) is 32.1. The van der Waals surface area contributed by atoms with Crippen LogP contribution in [0.2, 0.25) is 0 Å². The van der Waals surface area contributed by atoms with Crippen LogP contribution >= 0.6 is 11.3 Å². The number of benzene rings is 5. The van der Waals surface area contributed by atoms with Gasteiger partial charge in [0.15, 0.2) is 4.80 Å². The molecule has 0 unspecified atom stereocenters. The van der Waals surface area contributed by atoms with E-state index in [0.717, 1.165) is 33.2 Å². The van der Waals surface area contributed by atoms with E-state index >= 15 is 0 Å². The molecule has 0 radical (unpaired) electrons. The maximum Gasteiger partial charge on any atom is 0.271 e. The highest BCUT2D eigenvalue weighted by Crippen LogP contribution is 2.40. The lowest BCUT2D eigenvalue weighted by Gasteiger charge is -2.30. The summed E-state index contributed by atoms with van der Waals surface area (Å²) in [7, 11) is 1.62. The van der Waals surface area contributed by atoms with Gasteiger partial charge in [-0.3, -0.25) is 14.2 Å². The van der Waals surface area contributed by atoms with Crippen molar-refractivity contribution in [2.75, 3.05) is 20.2 Å². The normalized spacial score (nSPS) is 14.5. The molecule has 49 heavy (non-hydrogen) atoms. The van der Waals surface area contributed by atoms with E-state index in [-0.39, 0.29) is 11.5 Å². The average Bonchev–Trinajstić information content (AvgIpc) is 3.44. The Kier molecular flexibility index (Phi) is 8.89. The van der Waals surface area contributed by atoms with Crippen LogP contribution in [0.25, 0.3) is 27.6 Å². The van der Waals surface area contributed by atoms with E-state index in [1.807, 2.05) is 106 Å². The van der Waals surface area contributed by atoms with E-state index in [4.69, 9.17) is 14.5 Å². The molecule has 0 bridgehead atoms. The Labute approximate surface area is 288 Å². The predicted octanol–water partition coefficient (Wildman–Crippen LogP) is 7.00. The lowest BCUT2D eigenvalue weighted by molar-refractivity contribution is -0.127. The van der Waals surface area contributed by atoms with Crippen molar-refractivity contribution in [1.29, 1.82) is 0 Å². The van der Waals surface area contributed by atoms with E-state index in [1.54, 1.807) is 16.6 Å². The van der Waals surface area contributed by atoms with Crippen LogP contribution in [0.3, 0.4) is 0 Å². The second-order valence-electron chi connectivity index (χ2n) is 12.0. The number of amides is 1. The van der Waals surface area contributed by atoms with Gasteiger partial charge in [-0.25, -0.2) is 4.99 Å². The number of fused-ring (bicyclic) bond motifs is 3. The summed E-state index contributed by atoms with van der Waals surface area (Å²) in [6.45, 7) is 7.30. The van der Waals surface area contributed by atoms with Crippen LogP contribution in [-0.2, 0) is 11.4 Å². The van der Waals surface area contributed by atoms with Crippen molar-refractivity contribution in [2.24, 2.45) is 4.99 Å². The minimum Gasteiger partial charge on any atom is -0.496 e. The van der Waals surface area contributed by atoms with Crippen molar-refractivity contribution in [1.82, 2.24) is 9.47 Å². The van der Waals surface area contributed by atoms with Crippen molar-refractivity contribution < 1.29 is 14.3 Å². The SMILES string of the molecule is CCN(CC)C(=O)C1=C(C)N=c2s/c(=C/c3ccc(OCc4cccc5ccccc45)cc3)c(=O)n2[C@@H]1c1c(OC)ccc2ccccc12. The zero-order valence-electron chi connectivity index (χ0n) is 28.0. The summed E-state index contributed by atoms with van der Waals surface area (Å²) >= 11 is 1.32. The molecular weight excluding hydrogens is 631 g/mol. The molecule has 0 spiro atoms. The molecule has 0 N–H and O–H groups in total. The number of methoxy groups -OCH3 is 1. The summed E-state index contributed by atoms with van der Waals surface area (Å²) in [6, 6.07) is 33.4. The summed E-state index contributed by atoms with van der Waals surface area (Å²) in [5.41, 5.74) is 3.61. The number of nitrogens with zero attached hydrogens (tertiary/aromatic N) is 3. The van der Waals surface area contributed by atoms with Gasteiger partial charge in [0.25, 0.3) is 11.5 Å². The van der Waals surface area contributed by atoms with Crippen LogP contribution in [0, 0.1) is 0 Å². The highest BCUT2D eigenvalue weighted by atomic mass is 32.1. The van der Waals surface area contributed by atoms with Crippen LogP contribution in [0.15, 0.2) is 124 Å². The molecule has 1 aliphatic rings. The Hall–Kier alpha value is -5.47. The molecule has 8 heteroatoms. The summed E-state index contributed by atoms with van der Waals surface area (Å²) < 4.78 is 14.3. The standard InChI is InChI=1S/C41H37N3O4S/c1-5-43(6-2)40(46)36-26(3)42-41-44(38(36)37-33-17-10-8-13-29(33)20-23-34(37)47-4)39(45)35(49-41)24-27-18-21-31(22-19-27)48-25-30-15-11-14-28-12-7-9-16-32(28)30/h7-24,38H,5-6,25H2,1-4H3/b35-24+/t38-/m0/s1. The lowest BCUT2D eigenvalue weighted by Crippen LogP contribution is -2.43. The zero-order chi connectivity index (χ0) is 34.1.